The fraction of sp³-hybridized carbons (Fsp3) is 0.238. The summed E-state index contributed by atoms with van der Waals surface area (Å²) in [4.78, 5) is 16.5. The minimum Gasteiger partial charge on any atom is -0.444 e. The SMILES string of the molecule is CC(C(=O)NCCc1ccccc1)S(=O)(=O)Cc1coc(-c2ccccc2)n1. The van der Waals surface area contributed by atoms with Gasteiger partial charge >= 0.3 is 0 Å². The van der Waals surface area contributed by atoms with Gasteiger partial charge in [0.2, 0.25) is 11.8 Å². The van der Waals surface area contributed by atoms with Crippen LogP contribution >= 0.6 is 0 Å². The van der Waals surface area contributed by atoms with Gasteiger partial charge in [0.15, 0.2) is 9.84 Å². The molecule has 1 aromatic heterocycles. The third-order valence-corrected chi connectivity index (χ3v) is 6.37. The van der Waals surface area contributed by atoms with Crippen molar-refractivity contribution >= 4 is 15.7 Å². The van der Waals surface area contributed by atoms with E-state index in [-0.39, 0.29) is 11.4 Å². The highest BCUT2D eigenvalue weighted by Crippen LogP contribution is 2.20. The van der Waals surface area contributed by atoms with Crippen molar-refractivity contribution in [3.63, 3.8) is 0 Å². The second kappa shape index (κ2) is 8.84. The minimum absolute atomic E-state index is 0.280. The monoisotopic (exact) mass is 398 g/mol. The van der Waals surface area contributed by atoms with Crippen molar-refractivity contribution in [2.45, 2.75) is 24.3 Å². The van der Waals surface area contributed by atoms with Gasteiger partial charge in [-0.05, 0) is 31.0 Å². The highest BCUT2D eigenvalue weighted by molar-refractivity contribution is 7.92. The molecule has 3 aromatic rings. The summed E-state index contributed by atoms with van der Waals surface area (Å²) >= 11 is 0. The first-order valence-electron chi connectivity index (χ1n) is 8.99. The van der Waals surface area contributed by atoms with E-state index in [0.29, 0.717) is 18.9 Å². The van der Waals surface area contributed by atoms with Gasteiger partial charge in [-0.25, -0.2) is 13.4 Å². The first kappa shape index (κ1) is 19.8. The lowest BCUT2D eigenvalue weighted by Gasteiger charge is -2.12. The van der Waals surface area contributed by atoms with Crippen molar-refractivity contribution in [1.29, 1.82) is 0 Å². The molecule has 6 nitrogen and oxygen atoms in total. The van der Waals surface area contributed by atoms with Crippen LogP contribution in [0.25, 0.3) is 11.5 Å². The second-order valence-corrected chi connectivity index (χ2v) is 8.81. The molecule has 1 amide bonds. The zero-order chi connectivity index (χ0) is 20.0. The van der Waals surface area contributed by atoms with Crippen molar-refractivity contribution < 1.29 is 17.6 Å². The van der Waals surface area contributed by atoms with Crippen LogP contribution in [0.4, 0.5) is 0 Å². The van der Waals surface area contributed by atoms with Crippen molar-refractivity contribution in [2.75, 3.05) is 6.54 Å². The summed E-state index contributed by atoms with van der Waals surface area (Å²) in [5.74, 6) is -0.509. The van der Waals surface area contributed by atoms with Gasteiger partial charge in [-0.1, -0.05) is 48.5 Å². The average Bonchev–Trinajstić information content (AvgIpc) is 3.16. The molecule has 0 aliphatic carbocycles. The number of nitrogens with zero attached hydrogens (tertiary/aromatic N) is 1. The highest BCUT2D eigenvalue weighted by Gasteiger charge is 2.29. The predicted molar refractivity (Wildman–Crippen MR) is 107 cm³/mol. The Labute approximate surface area is 164 Å². The molecular formula is C21H22N2O4S. The van der Waals surface area contributed by atoms with Crippen molar-refractivity contribution in [3.05, 3.63) is 78.2 Å². The molecule has 0 aliphatic heterocycles. The maximum Gasteiger partial charge on any atom is 0.238 e. The second-order valence-electron chi connectivity index (χ2n) is 6.49. The lowest BCUT2D eigenvalue weighted by Crippen LogP contribution is -2.39. The standard InChI is InChI=1S/C21H22N2O4S/c1-16(20(24)22-13-12-17-8-4-2-5-9-17)28(25,26)15-19-14-27-21(23-19)18-10-6-3-7-11-18/h2-11,14,16H,12-13,15H2,1H3,(H,22,24). The van der Waals surface area contributed by atoms with Crippen molar-refractivity contribution in [1.82, 2.24) is 10.3 Å². The summed E-state index contributed by atoms with van der Waals surface area (Å²) in [5, 5.41) is 1.53. The summed E-state index contributed by atoms with van der Waals surface area (Å²) in [7, 11) is -3.71. The van der Waals surface area contributed by atoms with Crippen LogP contribution < -0.4 is 5.32 Å². The normalized spacial score (nSPS) is 12.5. The molecule has 0 aliphatic rings. The zero-order valence-electron chi connectivity index (χ0n) is 15.5. The first-order chi connectivity index (χ1) is 13.5. The van der Waals surface area contributed by atoms with E-state index in [1.165, 1.54) is 13.2 Å². The molecule has 0 bridgehead atoms. The number of hydrogen-bond donors (Lipinski definition) is 1. The Morgan fingerprint density at radius 3 is 2.39 bits per heavy atom. The molecule has 146 valence electrons. The first-order valence-corrected chi connectivity index (χ1v) is 10.7. The molecule has 1 unspecified atom stereocenters. The Balaban J connectivity index is 1.57. The van der Waals surface area contributed by atoms with Crippen LogP contribution in [-0.2, 0) is 26.8 Å². The van der Waals surface area contributed by atoms with Crippen LogP contribution in [0.1, 0.15) is 18.2 Å². The molecule has 0 fully saturated rings. The molecule has 2 aromatic carbocycles. The summed E-state index contributed by atoms with van der Waals surface area (Å²) in [6.07, 6.45) is 1.96. The molecule has 0 saturated heterocycles. The molecule has 0 saturated carbocycles. The molecule has 28 heavy (non-hydrogen) atoms. The minimum atomic E-state index is -3.71. The van der Waals surface area contributed by atoms with Crippen LogP contribution in [0.2, 0.25) is 0 Å². The van der Waals surface area contributed by atoms with Gasteiger partial charge in [-0.2, -0.15) is 0 Å². The average molecular weight is 398 g/mol. The van der Waals surface area contributed by atoms with E-state index in [4.69, 9.17) is 4.42 Å². The number of oxazole rings is 1. The van der Waals surface area contributed by atoms with Crippen LogP contribution in [0.3, 0.4) is 0 Å². The Morgan fingerprint density at radius 2 is 1.71 bits per heavy atom. The zero-order valence-corrected chi connectivity index (χ0v) is 16.4. The number of rotatable bonds is 8. The maximum absolute atomic E-state index is 12.6. The number of benzene rings is 2. The molecular weight excluding hydrogens is 376 g/mol. The van der Waals surface area contributed by atoms with E-state index < -0.39 is 21.0 Å². The topological polar surface area (TPSA) is 89.3 Å². The van der Waals surface area contributed by atoms with E-state index >= 15 is 0 Å². The Bertz CT molecular complexity index is 1010. The van der Waals surface area contributed by atoms with Crippen LogP contribution in [0.15, 0.2) is 71.3 Å². The van der Waals surface area contributed by atoms with Crippen molar-refractivity contribution in [3.8, 4) is 11.5 Å². The number of carbonyl (C=O) groups excluding carboxylic acids is 1. The molecule has 3 rings (SSSR count). The molecule has 1 atom stereocenters. The number of carbonyl (C=O) groups is 1. The number of aromatic nitrogens is 1. The Hall–Kier alpha value is -2.93. The molecule has 1 heterocycles. The van der Waals surface area contributed by atoms with Crippen LogP contribution in [0.5, 0.6) is 0 Å². The summed E-state index contributed by atoms with van der Waals surface area (Å²) in [6, 6.07) is 18.9. The van der Waals surface area contributed by atoms with Gasteiger partial charge in [0.25, 0.3) is 0 Å². The van der Waals surface area contributed by atoms with E-state index in [0.717, 1.165) is 11.1 Å². The molecule has 0 radical (unpaired) electrons. The van der Waals surface area contributed by atoms with Crippen LogP contribution in [-0.4, -0.2) is 31.1 Å². The number of amides is 1. The lowest BCUT2D eigenvalue weighted by atomic mass is 10.1. The number of sulfone groups is 1. The number of nitrogens with one attached hydrogen (secondary N) is 1. The largest absolute Gasteiger partial charge is 0.444 e. The van der Waals surface area contributed by atoms with Gasteiger partial charge in [0.05, 0.1) is 11.4 Å². The van der Waals surface area contributed by atoms with Gasteiger partial charge in [0.1, 0.15) is 11.5 Å². The van der Waals surface area contributed by atoms with Crippen LogP contribution in [0, 0.1) is 0 Å². The molecule has 7 heteroatoms. The molecule has 0 spiro atoms. The third kappa shape index (κ3) is 5.07. The maximum atomic E-state index is 12.6. The van der Waals surface area contributed by atoms with Gasteiger partial charge < -0.3 is 9.73 Å². The van der Waals surface area contributed by atoms with Gasteiger partial charge in [-0.15, -0.1) is 0 Å². The summed E-state index contributed by atoms with van der Waals surface area (Å²) < 4.78 is 30.5. The fourth-order valence-electron chi connectivity index (χ4n) is 2.70. The lowest BCUT2D eigenvalue weighted by molar-refractivity contribution is -0.120. The fourth-order valence-corrected chi connectivity index (χ4v) is 3.90. The molecule has 1 N–H and O–H groups in total. The summed E-state index contributed by atoms with van der Waals surface area (Å²) in [5.41, 5.74) is 2.12. The van der Waals surface area contributed by atoms with Gasteiger partial charge in [-0.3, -0.25) is 4.79 Å². The van der Waals surface area contributed by atoms with Gasteiger partial charge in [0, 0.05) is 12.1 Å². The van der Waals surface area contributed by atoms with E-state index in [2.05, 4.69) is 10.3 Å². The quantitative estimate of drug-likeness (QED) is 0.630. The highest BCUT2D eigenvalue weighted by atomic mass is 32.2. The summed E-state index contributed by atoms with van der Waals surface area (Å²) in [6.45, 7) is 1.77. The smallest absolute Gasteiger partial charge is 0.238 e. The Kier molecular flexibility index (Phi) is 6.26. The van der Waals surface area contributed by atoms with Crippen molar-refractivity contribution in [2.24, 2.45) is 0 Å². The van der Waals surface area contributed by atoms with E-state index in [9.17, 15) is 13.2 Å². The van der Waals surface area contributed by atoms with E-state index in [1.807, 2.05) is 60.7 Å². The van der Waals surface area contributed by atoms with E-state index in [1.54, 1.807) is 0 Å². The Morgan fingerprint density at radius 1 is 1.07 bits per heavy atom. The third-order valence-electron chi connectivity index (χ3n) is 4.39. The number of hydrogen-bond acceptors (Lipinski definition) is 5. The predicted octanol–water partition coefficient (Wildman–Crippen LogP) is 3.00.